The van der Waals surface area contributed by atoms with Crippen LogP contribution in [-0.2, 0) is 76.6 Å². The van der Waals surface area contributed by atoms with Gasteiger partial charge in [0.05, 0.1) is 31.4 Å². The summed E-state index contributed by atoms with van der Waals surface area (Å²) in [6, 6.07) is -3.71. The number of nitrogens with two attached hydrogens (primary N) is 4. The van der Waals surface area contributed by atoms with E-state index in [1.165, 1.54) is 68.4 Å². The molecule has 0 aromatic heterocycles. The first-order chi connectivity index (χ1) is 52.4. The van der Waals surface area contributed by atoms with Crippen LogP contribution in [0.15, 0.2) is 65.7 Å². The molecule has 44 heteroatoms. The number of cyclic esters (lactones) is 1. The number of anilines is 1. The van der Waals surface area contributed by atoms with Gasteiger partial charge in [-0.05, 0) is 86.3 Å². The Morgan fingerprint density at radius 2 is 1.10 bits per heavy atom. The summed E-state index contributed by atoms with van der Waals surface area (Å²) in [4.78, 5) is 209. The molecule has 2 aromatic carbocycles. The lowest BCUT2D eigenvalue weighted by atomic mass is 9.95. The van der Waals surface area contributed by atoms with E-state index in [0.717, 1.165) is 6.92 Å². The Kier molecular flexibility index (Phi) is 42.5. The summed E-state index contributed by atoms with van der Waals surface area (Å²) in [5, 5.41) is 74.6. The highest BCUT2D eigenvalue weighted by atomic mass is 19.4. The van der Waals surface area contributed by atoms with Gasteiger partial charge in [-0.1, -0.05) is 124 Å². The Bertz CT molecular complexity index is 3540. The van der Waals surface area contributed by atoms with Crippen molar-refractivity contribution in [1.29, 1.82) is 0 Å². The quantitative estimate of drug-likeness (QED) is 0.0170. The molecule has 0 aliphatic carbocycles. The molecule has 0 spiro atoms. The molecule has 0 bridgehead atoms. The molecule has 1 fully saturated rings. The van der Waals surface area contributed by atoms with Crippen molar-refractivity contribution in [1.82, 2.24) is 53.2 Å². The van der Waals surface area contributed by atoms with Crippen molar-refractivity contribution in [2.24, 2.45) is 57.5 Å². The van der Waals surface area contributed by atoms with Crippen LogP contribution in [0, 0.1) is 29.6 Å². The fraction of sp³-hybridized carbons (Fsp3) is 0.594. The Hall–Kier alpha value is -11.0. The van der Waals surface area contributed by atoms with E-state index in [2.05, 4.69) is 63.5 Å². The Labute approximate surface area is 645 Å². The minimum Gasteiger partial charge on any atom is -0.475 e. The van der Waals surface area contributed by atoms with E-state index in [9.17, 15) is 94.4 Å². The molecule has 12 amide bonds. The molecule has 24 N–H and O–H groups in total. The molecule has 634 valence electrons. The fourth-order valence-corrected chi connectivity index (χ4v) is 10.2. The van der Waals surface area contributed by atoms with Crippen molar-refractivity contribution in [3.05, 3.63) is 66.2 Å². The Balaban J connectivity index is 0.00000414. The molecule has 0 radical (unpaired) electrons. The predicted octanol–water partition coefficient (Wildman–Crippen LogP) is -1.91. The van der Waals surface area contributed by atoms with Crippen LogP contribution in [0.2, 0.25) is 0 Å². The Morgan fingerprint density at radius 3 is 1.58 bits per heavy atom. The minimum atomic E-state index is -5.08. The van der Waals surface area contributed by atoms with E-state index >= 15 is 9.59 Å². The van der Waals surface area contributed by atoms with Crippen molar-refractivity contribution in [3.8, 4) is 0 Å². The van der Waals surface area contributed by atoms with Crippen LogP contribution in [0.25, 0.3) is 0 Å². The number of hydrogen-bond donors (Lipinski definition) is 20. The first-order valence-corrected chi connectivity index (χ1v) is 35.3. The molecular formula is C69H104F6N16O22. The molecule has 15 atom stereocenters. The van der Waals surface area contributed by atoms with Crippen molar-refractivity contribution in [2.45, 2.75) is 212 Å². The lowest BCUT2D eigenvalue weighted by molar-refractivity contribution is -0.193. The molecule has 3 rings (SSSR count). The number of primary amides is 1. The maximum Gasteiger partial charge on any atom is 0.490 e. The van der Waals surface area contributed by atoms with Crippen molar-refractivity contribution < 1.29 is 133 Å². The summed E-state index contributed by atoms with van der Waals surface area (Å²) in [7, 11) is 0. The molecule has 113 heavy (non-hydrogen) atoms. The highest BCUT2D eigenvalue weighted by Gasteiger charge is 2.45. The number of amides is 12. The third-order valence-electron chi connectivity index (χ3n) is 16.2. The number of carboxylic acid groups (broad SMARTS) is 2. The van der Waals surface area contributed by atoms with Gasteiger partial charge < -0.3 is 111 Å². The minimum absolute atomic E-state index is 0.0311. The number of esters is 1. The van der Waals surface area contributed by atoms with Crippen LogP contribution in [0.1, 0.15) is 126 Å². The van der Waals surface area contributed by atoms with Gasteiger partial charge in [-0.15, -0.1) is 0 Å². The van der Waals surface area contributed by atoms with Crippen LogP contribution >= 0.6 is 0 Å². The van der Waals surface area contributed by atoms with Crippen molar-refractivity contribution in [2.75, 3.05) is 25.0 Å². The number of halogens is 6. The van der Waals surface area contributed by atoms with Gasteiger partial charge in [0, 0.05) is 12.2 Å². The highest BCUT2D eigenvalue weighted by Crippen LogP contribution is 2.26. The summed E-state index contributed by atoms with van der Waals surface area (Å²) in [6.45, 7) is 15.2. The number of aliphatic hydroxyl groups is 3. The Morgan fingerprint density at radius 1 is 0.611 bits per heavy atom. The highest BCUT2D eigenvalue weighted by molar-refractivity contribution is 6.01. The normalized spacial score (nSPS) is 21.9. The van der Waals surface area contributed by atoms with Crippen molar-refractivity contribution in [3.63, 3.8) is 0 Å². The number of aliphatic imine (C=N–C) groups is 1. The molecule has 0 unspecified atom stereocenters. The number of guanidine groups is 1. The summed E-state index contributed by atoms with van der Waals surface area (Å²) in [6.07, 6.45) is -19.8. The molecule has 38 nitrogen and oxygen atoms in total. The molecule has 1 aliphatic rings. The molecule has 1 aliphatic heterocycles. The number of aliphatic carboxylic acids is 2. The lowest BCUT2D eigenvalue weighted by Gasteiger charge is -2.34. The maximum atomic E-state index is 15.5. The van der Waals surface area contributed by atoms with Gasteiger partial charge in [0.25, 0.3) is 5.91 Å². The van der Waals surface area contributed by atoms with E-state index in [1.807, 2.05) is 13.8 Å². The number of aliphatic hydroxyl groups excluding tert-OH is 3. The number of alkyl halides is 6. The molecule has 2 aromatic rings. The van der Waals surface area contributed by atoms with E-state index in [-0.39, 0.29) is 74.1 Å². The summed E-state index contributed by atoms with van der Waals surface area (Å²) >= 11 is 0. The monoisotopic (exact) mass is 1620 g/mol. The van der Waals surface area contributed by atoms with Gasteiger partial charge in [-0.3, -0.25) is 63.0 Å². The first kappa shape index (κ1) is 100.0. The topological polar surface area (TPSA) is 624 Å². The third kappa shape index (κ3) is 36.3. The van der Waals surface area contributed by atoms with E-state index in [1.54, 1.807) is 47.6 Å². The number of para-hydroxylation sites is 1. The van der Waals surface area contributed by atoms with Crippen LogP contribution in [-0.4, -0.2) is 231 Å². The largest absolute Gasteiger partial charge is 0.490 e. The van der Waals surface area contributed by atoms with Gasteiger partial charge in [-0.2, -0.15) is 26.3 Å². The molecule has 0 saturated carbocycles. The zero-order chi connectivity index (χ0) is 86.7. The number of carbonyl (C=O) groups excluding carboxylic acids is 13. The number of nitrogens with one attached hydrogen (secondary N) is 11. The molecular weight excluding hydrogens is 1520 g/mol. The number of ether oxygens (including phenoxy) is 2. The average Bonchev–Trinajstić information content (AvgIpc) is 0.811. The van der Waals surface area contributed by atoms with Crippen LogP contribution in [0.4, 0.5) is 36.8 Å². The number of carboxylic acids is 2. The van der Waals surface area contributed by atoms with Gasteiger partial charge in [0.1, 0.15) is 42.3 Å². The zero-order valence-corrected chi connectivity index (χ0v) is 63.8. The summed E-state index contributed by atoms with van der Waals surface area (Å²) in [5.74, 6) is -23.1. The van der Waals surface area contributed by atoms with E-state index < -0.39 is 217 Å². The fourth-order valence-electron chi connectivity index (χ4n) is 10.2. The van der Waals surface area contributed by atoms with Crippen LogP contribution in [0.3, 0.4) is 0 Å². The van der Waals surface area contributed by atoms with Gasteiger partial charge >= 0.3 is 36.4 Å². The van der Waals surface area contributed by atoms with E-state index in [0.29, 0.717) is 0 Å². The SMILES string of the molecule is CC[C@H](C)[C@@H]1NC(=O)[C@@H](CCCN=C(N)N)NC(=O)[C@H](CC(C)C)NC(=O)[C@H]([C@H](O)C(C)C)NC(=O)[C@@H](NC(=O)[C@H](CC(C)C)NC(=O)[C@H](N)CC(C)C)[C@@H](c2ccccc2)OC(=O)[C@H](CO)NC(=O)[C@H]([C@H](OC(=O)Nc2ccccc2)C(N)=O)NC(=O)CNC(=O)[C@H]([C@H](C)O)NC1=O.O=C(O)C(F)(F)F.O=C(O)C(F)(F)F. The summed E-state index contributed by atoms with van der Waals surface area (Å²) < 4.78 is 74.8. The number of carbonyl (C=O) groups is 15. The second-order valence-electron chi connectivity index (χ2n) is 27.5. The third-order valence-corrected chi connectivity index (χ3v) is 16.2. The van der Waals surface area contributed by atoms with Gasteiger partial charge in [-0.25, -0.2) is 19.2 Å². The number of nitrogens with zero attached hydrogens (tertiary/aromatic N) is 1. The van der Waals surface area contributed by atoms with Crippen LogP contribution in [0.5, 0.6) is 0 Å². The second kappa shape index (κ2) is 48.0. The number of rotatable bonds is 25. The summed E-state index contributed by atoms with van der Waals surface area (Å²) in [5.41, 5.74) is 23.1. The van der Waals surface area contributed by atoms with Crippen LogP contribution < -0.4 is 81.4 Å². The van der Waals surface area contributed by atoms with Crippen molar-refractivity contribution >= 4 is 101 Å². The number of benzene rings is 2. The molecule has 1 saturated heterocycles. The lowest BCUT2D eigenvalue weighted by Crippen LogP contribution is -2.64. The zero-order valence-electron chi connectivity index (χ0n) is 63.8. The van der Waals surface area contributed by atoms with E-state index in [4.69, 9.17) is 52.2 Å². The maximum absolute atomic E-state index is 15.5. The standard InChI is InChI=1S/C65H102N16O18.2C2HF3O2/c1-12-35(10)45-59(92)79-46(36(11)83)58(91)71-29-44(84)77-49(52(53(67)86)99-65(97)72-38-22-17-14-18-23-38)61(94)76-43(30-82)63(96)98-51(37-20-15-13-16-21-37)48(81-57(90)42(28-33(6)7)74-54(87)39(66)26-31(2)3)62(95)80-47(50(85)34(8)9)60(93)75-41(27-32(4)5)56(89)73-40(55(88)78-45)24-19-25-70-64(68)69;2*3-2(4,5)1(6)7/h13-18,20-23,31-36,39-43,45-52,82-83,85H,12,19,24-30,66H2,1-11H3,(H2,67,86)(H,71,91)(H,72,97)(H,73,89)(H,74,87)(H,75,93)(H,76,94)(H,77,84)(H,78,88)(H,79,92)(H,80,95)(H,81,90)(H4,68,69,70);2*(H,6,7)/t35-,36-,39+,40+,41-,42-,43-,45-,46-,47-,48-,49-,50+,51+,52-;;/m0../s1. The first-order valence-electron chi connectivity index (χ1n) is 35.3. The van der Waals surface area contributed by atoms with Gasteiger partial charge in [0.15, 0.2) is 24.1 Å². The molecule has 1 heterocycles. The number of hydrogen-bond acceptors (Lipinski definition) is 22. The second-order valence-corrected chi connectivity index (χ2v) is 27.5. The smallest absolute Gasteiger partial charge is 0.475 e. The van der Waals surface area contributed by atoms with Gasteiger partial charge in [0.2, 0.25) is 65.2 Å². The predicted molar refractivity (Wildman–Crippen MR) is 388 cm³/mol. The average molecular weight is 1620 g/mol.